The molecule has 0 aliphatic heterocycles. The van der Waals surface area contributed by atoms with Gasteiger partial charge in [-0.1, -0.05) is 13.8 Å². The Kier molecular flexibility index (Phi) is 5.79. The highest BCUT2D eigenvalue weighted by atomic mass is 32.2. The molecule has 0 spiro atoms. The molecule has 1 N–H and O–H groups in total. The Labute approximate surface area is 121 Å². The number of carboxylic acids is 1. The lowest BCUT2D eigenvalue weighted by atomic mass is 10.2. The second-order valence-electron chi connectivity index (χ2n) is 4.83. The van der Waals surface area contributed by atoms with Crippen molar-refractivity contribution in [3.05, 3.63) is 29.3 Å². The van der Waals surface area contributed by atoms with E-state index in [4.69, 9.17) is 9.84 Å². The molecule has 21 heavy (non-hydrogen) atoms. The molecule has 5 nitrogen and oxygen atoms in total. The maximum Gasteiger partial charge on any atom is 0.341 e. The summed E-state index contributed by atoms with van der Waals surface area (Å²) in [7, 11) is -4.09. The molecule has 0 saturated heterocycles. The molecule has 118 valence electrons. The van der Waals surface area contributed by atoms with E-state index in [-0.39, 0.29) is 12.5 Å². The molecular weight excluding hydrogens is 306 g/mol. The summed E-state index contributed by atoms with van der Waals surface area (Å²) in [6, 6.07) is 1.34. The summed E-state index contributed by atoms with van der Waals surface area (Å²) >= 11 is 0. The van der Waals surface area contributed by atoms with Gasteiger partial charge in [-0.15, -0.1) is 0 Å². The first-order valence-electron chi connectivity index (χ1n) is 6.18. The van der Waals surface area contributed by atoms with Gasteiger partial charge in [-0.05, 0) is 18.1 Å². The third-order valence-corrected chi connectivity index (χ3v) is 4.24. The van der Waals surface area contributed by atoms with E-state index in [1.807, 2.05) is 13.8 Å². The van der Waals surface area contributed by atoms with Gasteiger partial charge in [0.05, 0.1) is 12.4 Å². The number of rotatable bonds is 7. The van der Waals surface area contributed by atoms with Gasteiger partial charge in [-0.2, -0.15) is 0 Å². The second-order valence-corrected chi connectivity index (χ2v) is 6.90. The number of carbonyl (C=O) groups is 1. The smallest absolute Gasteiger partial charge is 0.341 e. The van der Waals surface area contributed by atoms with Crippen molar-refractivity contribution in [2.45, 2.75) is 18.7 Å². The van der Waals surface area contributed by atoms with Gasteiger partial charge in [-0.25, -0.2) is 22.0 Å². The zero-order valence-electron chi connectivity index (χ0n) is 11.6. The van der Waals surface area contributed by atoms with Crippen LogP contribution in [0.2, 0.25) is 0 Å². The van der Waals surface area contributed by atoms with E-state index >= 15 is 0 Å². The molecule has 8 heteroatoms. The normalized spacial score (nSPS) is 11.9. The van der Waals surface area contributed by atoms with Crippen molar-refractivity contribution in [2.75, 3.05) is 19.0 Å². The molecule has 0 radical (unpaired) electrons. The number of benzene rings is 1. The predicted molar refractivity (Wildman–Crippen MR) is 71.0 cm³/mol. The molecule has 0 bridgehead atoms. The zero-order valence-corrected chi connectivity index (χ0v) is 12.4. The Hall–Kier alpha value is -1.54. The summed E-state index contributed by atoms with van der Waals surface area (Å²) in [4.78, 5) is 9.92. The van der Waals surface area contributed by atoms with Gasteiger partial charge < -0.3 is 9.84 Å². The number of carboxylic acid groups (broad SMARTS) is 1. The van der Waals surface area contributed by atoms with Crippen LogP contribution in [0.5, 0.6) is 0 Å². The standard InChI is InChI=1S/C13H16F2O5S/c1-8(2)7-20-5-6-21(18,19)10-4-3-9(14)11(12(10)15)13(16)17/h3-4,8H,5-7H2,1-2H3,(H,16,17). The molecule has 0 amide bonds. The maximum absolute atomic E-state index is 13.9. The largest absolute Gasteiger partial charge is 0.477 e. The molecule has 0 aliphatic carbocycles. The molecule has 0 heterocycles. The molecule has 0 unspecified atom stereocenters. The number of hydrogen-bond acceptors (Lipinski definition) is 4. The third-order valence-electron chi connectivity index (χ3n) is 2.55. The SMILES string of the molecule is CC(C)COCCS(=O)(=O)c1ccc(F)c(C(=O)O)c1F. The number of aromatic carboxylic acids is 1. The Bertz CT molecular complexity index is 626. The van der Waals surface area contributed by atoms with E-state index in [9.17, 15) is 22.0 Å². The van der Waals surface area contributed by atoms with Gasteiger partial charge in [0.15, 0.2) is 15.7 Å². The van der Waals surface area contributed by atoms with Crippen LogP contribution in [-0.2, 0) is 14.6 Å². The van der Waals surface area contributed by atoms with Gasteiger partial charge >= 0.3 is 5.97 Å². The molecular formula is C13H16F2O5S. The van der Waals surface area contributed by atoms with Crippen molar-refractivity contribution in [3.8, 4) is 0 Å². The van der Waals surface area contributed by atoms with E-state index in [2.05, 4.69) is 0 Å². The summed E-state index contributed by atoms with van der Waals surface area (Å²) < 4.78 is 56.1. The molecule has 0 saturated carbocycles. The van der Waals surface area contributed by atoms with Crippen molar-refractivity contribution < 1.29 is 31.8 Å². The highest BCUT2D eigenvalue weighted by molar-refractivity contribution is 7.91. The summed E-state index contributed by atoms with van der Waals surface area (Å²) in [5.41, 5.74) is -1.28. The van der Waals surface area contributed by atoms with Crippen molar-refractivity contribution in [2.24, 2.45) is 5.92 Å². The topological polar surface area (TPSA) is 80.7 Å². The van der Waals surface area contributed by atoms with E-state index in [0.29, 0.717) is 12.7 Å². The predicted octanol–water partition coefficient (Wildman–Crippen LogP) is 2.11. The quantitative estimate of drug-likeness (QED) is 0.614. The fourth-order valence-electron chi connectivity index (χ4n) is 1.57. The van der Waals surface area contributed by atoms with Gasteiger partial charge in [0.1, 0.15) is 16.3 Å². The molecule has 0 atom stereocenters. The average Bonchev–Trinajstić information content (AvgIpc) is 2.33. The summed E-state index contributed by atoms with van der Waals surface area (Å²) in [6.07, 6.45) is 0. The van der Waals surface area contributed by atoms with Gasteiger partial charge in [0, 0.05) is 6.61 Å². The zero-order chi connectivity index (χ0) is 16.2. The van der Waals surface area contributed by atoms with E-state index < -0.39 is 43.7 Å². The number of hydrogen-bond donors (Lipinski definition) is 1. The van der Waals surface area contributed by atoms with Crippen LogP contribution >= 0.6 is 0 Å². The van der Waals surface area contributed by atoms with E-state index in [1.54, 1.807) is 0 Å². The lowest BCUT2D eigenvalue weighted by molar-refractivity contribution is 0.0685. The summed E-state index contributed by atoms with van der Waals surface area (Å²) in [5.74, 6) is -5.07. The first-order valence-corrected chi connectivity index (χ1v) is 7.84. The highest BCUT2D eigenvalue weighted by Gasteiger charge is 2.26. The molecule has 0 aromatic heterocycles. The molecule has 0 aliphatic rings. The third kappa shape index (κ3) is 4.47. The van der Waals surface area contributed by atoms with Crippen LogP contribution in [0.4, 0.5) is 8.78 Å². The van der Waals surface area contributed by atoms with Crippen LogP contribution in [0.3, 0.4) is 0 Å². The Morgan fingerprint density at radius 3 is 2.48 bits per heavy atom. The van der Waals surface area contributed by atoms with Gasteiger partial charge in [0.2, 0.25) is 0 Å². The Morgan fingerprint density at radius 2 is 1.95 bits per heavy atom. The molecule has 1 rings (SSSR count). The first-order chi connectivity index (χ1) is 9.66. The van der Waals surface area contributed by atoms with Crippen molar-refractivity contribution in [3.63, 3.8) is 0 Å². The van der Waals surface area contributed by atoms with Crippen LogP contribution < -0.4 is 0 Å². The fraction of sp³-hybridized carbons (Fsp3) is 0.462. The van der Waals surface area contributed by atoms with Gasteiger partial charge in [0.25, 0.3) is 0 Å². The minimum Gasteiger partial charge on any atom is -0.477 e. The molecule has 1 aromatic carbocycles. The molecule has 1 aromatic rings. The average molecular weight is 322 g/mol. The van der Waals surface area contributed by atoms with Crippen molar-refractivity contribution in [1.82, 2.24) is 0 Å². The Balaban J connectivity index is 2.99. The minimum atomic E-state index is -4.09. The summed E-state index contributed by atoms with van der Waals surface area (Å²) in [6.45, 7) is 3.96. The lowest BCUT2D eigenvalue weighted by Crippen LogP contribution is -2.17. The van der Waals surface area contributed by atoms with Crippen LogP contribution in [0.25, 0.3) is 0 Å². The fourth-order valence-corrected chi connectivity index (χ4v) is 2.77. The van der Waals surface area contributed by atoms with Crippen LogP contribution in [0.1, 0.15) is 24.2 Å². The number of halogens is 2. The number of sulfone groups is 1. The number of ether oxygens (including phenoxy) is 1. The summed E-state index contributed by atoms with van der Waals surface area (Å²) in [5, 5.41) is 8.71. The Morgan fingerprint density at radius 1 is 1.33 bits per heavy atom. The van der Waals surface area contributed by atoms with E-state index in [1.165, 1.54) is 0 Å². The van der Waals surface area contributed by atoms with Crippen LogP contribution in [0.15, 0.2) is 17.0 Å². The van der Waals surface area contributed by atoms with Crippen LogP contribution in [0, 0.1) is 17.6 Å². The monoisotopic (exact) mass is 322 g/mol. The minimum absolute atomic E-state index is 0.153. The van der Waals surface area contributed by atoms with Crippen molar-refractivity contribution >= 4 is 15.8 Å². The highest BCUT2D eigenvalue weighted by Crippen LogP contribution is 2.22. The second kappa shape index (κ2) is 6.95. The van der Waals surface area contributed by atoms with Crippen LogP contribution in [-0.4, -0.2) is 38.5 Å². The first kappa shape index (κ1) is 17.5. The maximum atomic E-state index is 13.9. The lowest BCUT2D eigenvalue weighted by Gasteiger charge is -2.09. The molecule has 0 fully saturated rings. The van der Waals surface area contributed by atoms with Crippen molar-refractivity contribution in [1.29, 1.82) is 0 Å². The van der Waals surface area contributed by atoms with Gasteiger partial charge in [-0.3, -0.25) is 0 Å². The van der Waals surface area contributed by atoms with E-state index in [0.717, 1.165) is 6.07 Å².